The summed E-state index contributed by atoms with van der Waals surface area (Å²) in [7, 11) is -3.02. The lowest BCUT2D eigenvalue weighted by Crippen LogP contribution is -2.39. The van der Waals surface area contributed by atoms with Crippen molar-refractivity contribution in [2.75, 3.05) is 0 Å². The van der Waals surface area contributed by atoms with E-state index in [4.69, 9.17) is 4.43 Å². The first-order chi connectivity index (χ1) is 11.8. The van der Waals surface area contributed by atoms with Gasteiger partial charge < -0.3 is 9.53 Å². The summed E-state index contributed by atoms with van der Waals surface area (Å²) >= 11 is 0. The Labute approximate surface area is 166 Å². The Bertz CT molecular complexity index is 440. The van der Waals surface area contributed by atoms with Crippen LogP contribution in [0.4, 0.5) is 0 Å². The molecule has 0 heterocycles. The van der Waals surface area contributed by atoms with Crippen LogP contribution in [0, 0.1) is 0 Å². The Morgan fingerprint density at radius 2 is 1.65 bits per heavy atom. The molecule has 0 spiro atoms. The molecule has 0 aromatic rings. The van der Waals surface area contributed by atoms with Gasteiger partial charge in [0.05, 0.1) is 12.4 Å². The van der Waals surface area contributed by atoms with E-state index >= 15 is 0 Å². The molecule has 26 heavy (non-hydrogen) atoms. The molecule has 154 valence electrons. The van der Waals surface area contributed by atoms with E-state index in [-0.39, 0.29) is 11.1 Å². The number of allylic oxidation sites excluding steroid dienone is 2. The van der Waals surface area contributed by atoms with Crippen LogP contribution in [0.15, 0.2) is 24.0 Å². The van der Waals surface area contributed by atoms with Gasteiger partial charge in [-0.15, -0.1) is 0 Å². The summed E-state index contributed by atoms with van der Waals surface area (Å²) in [5, 5.41) is 10.7. The predicted octanol–water partition coefficient (Wildman–Crippen LogP) is 7.51. The highest BCUT2D eigenvalue weighted by molar-refractivity contribution is 6.76. The van der Waals surface area contributed by atoms with Gasteiger partial charge in [0.15, 0.2) is 0 Å². The summed E-state index contributed by atoms with van der Waals surface area (Å²) in [6.45, 7) is 20.7. The summed E-state index contributed by atoms with van der Waals surface area (Å²) < 4.78 is 6.35. The molecule has 0 fully saturated rings. The minimum atomic E-state index is -1.79. The van der Waals surface area contributed by atoms with Crippen molar-refractivity contribution in [3.63, 3.8) is 0 Å². The van der Waals surface area contributed by atoms with Crippen LogP contribution in [-0.2, 0) is 4.43 Å². The molecule has 0 aliphatic carbocycles. The van der Waals surface area contributed by atoms with Crippen molar-refractivity contribution in [2.45, 2.75) is 116 Å². The van der Waals surface area contributed by atoms with Gasteiger partial charge in [0, 0.05) is 8.07 Å². The van der Waals surface area contributed by atoms with E-state index in [0.717, 1.165) is 38.1 Å². The third-order valence-corrected chi connectivity index (χ3v) is 11.0. The summed E-state index contributed by atoms with van der Waals surface area (Å²) in [5.74, 6) is 0. The average molecular weight is 399 g/mol. The largest absolute Gasteiger partial charge is 0.549 e. The second kappa shape index (κ2) is 11.5. The lowest BCUT2D eigenvalue weighted by Gasteiger charge is -2.35. The first-order valence-electron chi connectivity index (χ1n) is 10.5. The van der Waals surface area contributed by atoms with Crippen molar-refractivity contribution in [3.05, 3.63) is 24.0 Å². The maximum Gasteiger partial charge on any atom is 0.249 e. The van der Waals surface area contributed by atoms with E-state index in [2.05, 4.69) is 72.6 Å². The van der Waals surface area contributed by atoms with E-state index < -0.39 is 16.4 Å². The van der Waals surface area contributed by atoms with Gasteiger partial charge in [-0.1, -0.05) is 65.9 Å². The van der Waals surface area contributed by atoms with Crippen molar-refractivity contribution in [1.29, 1.82) is 0 Å². The van der Waals surface area contributed by atoms with Crippen LogP contribution in [0.25, 0.3) is 0 Å². The fourth-order valence-corrected chi connectivity index (χ4v) is 4.99. The van der Waals surface area contributed by atoms with Crippen molar-refractivity contribution < 1.29 is 9.53 Å². The zero-order valence-electron chi connectivity index (χ0n) is 19.1. The number of aliphatic hydroxyl groups excluding tert-OH is 1. The summed E-state index contributed by atoms with van der Waals surface area (Å²) in [4.78, 5) is 0. The van der Waals surface area contributed by atoms with Crippen LogP contribution in [0.2, 0.25) is 43.8 Å². The SMILES string of the molecule is CC/C=C/CCCCC(O)C/C(=C/O[Si](C)(C)C(C)(C)C)C[Si](C)(C)C. The Kier molecular flexibility index (Phi) is 11.4. The second-order valence-corrected chi connectivity index (χ2v) is 20.6. The maximum absolute atomic E-state index is 10.5. The molecule has 1 N–H and O–H groups in total. The molecule has 0 rings (SSSR count). The topological polar surface area (TPSA) is 29.5 Å². The van der Waals surface area contributed by atoms with E-state index in [1.165, 1.54) is 12.0 Å². The first kappa shape index (κ1) is 25.7. The highest BCUT2D eigenvalue weighted by Crippen LogP contribution is 2.37. The molecule has 0 aromatic heterocycles. The molecule has 2 nitrogen and oxygen atoms in total. The number of unbranched alkanes of at least 4 members (excludes halogenated alkanes) is 2. The molecule has 0 aliphatic heterocycles. The third-order valence-electron chi connectivity index (χ3n) is 5.14. The smallest absolute Gasteiger partial charge is 0.249 e. The van der Waals surface area contributed by atoms with E-state index in [0.29, 0.717) is 0 Å². The van der Waals surface area contributed by atoms with Gasteiger partial charge in [0.1, 0.15) is 0 Å². The summed E-state index contributed by atoms with van der Waals surface area (Å²) in [5.41, 5.74) is 1.31. The summed E-state index contributed by atoms with van der Waals surface area (Å²) in [6, 6.07) is 1.11. The van der Waals surface area contributed by atoms with E-state index in [1.54, 1.807) is 0 Å². The molecular weight excluding hydrogens is 352 g/mol. The molecule has 0 amide bonds. The molecular formula is C22H46O2Si2. The number of hydrogen-bond donors (Lipinski definition) is 1. The number of aliphatic hydroxyl groups is 1. The molecule has 0 saturated heterocycles. The van der Waals surface area contributed by atoms with Gasteiger partial charge in [-0.3, -0.25) is 0 Å². The van der Waals surface area contributed by atoms with Crippen molar-refractivity contribution >= 4 is 16.4 Å². The van der Waals surface area contributed by atoms with Gasteiger partial charge in [-0.05, 0) is 61.9 Å². The van der Waals surface area contributed by atoms with Gasteiger partial charge in [-0.25, -0.2) is 0 Å². The highest BCUT2D eigenvalue weighted by Gasteiger charge is 2.38. The fourth-order valence-electron chi connectivity index (χ4n) is 2.58. The zero-order chi connectivity index (χ0) is 20.4. The Hall–Kier alpha value is -0.326. The molecule has 0 saturated carbocycles. The minimum Gasteiger partial charge on any atom is -0.549 e. The average Bonchev–Trinajstić information content (AvgIpc) is 2.46. The van der Waals surface area contributed by atoms with E-state index in [9.17, 15) is 5.11 Å². The fraction of sp³-hybridized carbons (Fsp3) is 0.818. The molecule has 4 heteroatoms. The predicted molar refractivity (Wildman–Crippen MR) is 123 cm³/mol. The molecule has 0 aliphatic rings. The third kappa shape index (κ3) is 12.1. The Balaban J connectivity index is 4.73. The highest BCUT2D eigenvalue weighted by atomic mass is 28.4. The van der Waals surface area contributed by atoms with Crippen LogP contribution < -0.4 is 0 Å². The molecule has 0 radical (unpaired) electrons. The second-order valence-electron chi connectivity index (χ2n) is 10.4. The maximum atomic E-state index is 10.5. The van der Waals surface area contributed by atoms with Crippen LogP contribution in [0.5, 0.6) is 0 Å². The van der Waals surface area contributed by atoms with Crippen LogP contribution >= 0.6 is 0 Å². The van der Waals surface area contributed by atoms with Crippen LogP contribution in [-0.4, -0.2) is 27.6 Å². The minimum absolute atomic E-state index is 0.207. The normalized spacial score (nSPS) is 15.5. The van der Waals surface area contributed by atoms with Crippen molar-refractivity contribution in [1.82, 2.24) is 0 Å². The lowest BCUT2D eigenvalue weighted by molar-refractivity contribution is 0.160. The lowest BCUT2D eigenvalue weighted by atomic mass is 10.0. The van der Waals surface area contributed by atoms with Gasteiger partial charge in [-0.2, -0.15) is 0 Å². The zero-order valence-corrected chi connectivity index (χ0v) is 21.1. The monoisotopic (exact) mass is 398 g/mol. The molecule has 1 atom stereocenters. The quantitative estimate of drug-likeness (QED) is 0.159. The van der Waals surface area contributed by atoms with Gasteiger partial charge >= 0.3 is 0 Å². The van der Waals surface area contributed by atoms with Crippen LogP contribution in [0.3, 0.4) is 0 Å². The van der Waals surface area contributed by atoms with E-state index in [1.807, 2.05) is 6.26 Å². The van der Waals surface area contributed by atoms with Gasteiger partial charge in [0.2, 0.25) is 8.32 Å². The van der Waals surface area contributed by atoms with Crippen molar-refractivity contribution in [2.24, 2.45) is 0 Å². The Morgan fingerprint density at radius 3 is 2.15 bits per heavy atom. The summed E-state index contributed by atoms with van der Waals surface area (Å²) in [6.07, 6.45) is 12.4. The Morgan fingerprint density at radius 1 is 1.04 bits per heavy atom. The number of hydrogen-bond acceptors (Lipinski definition) is 2. The van der Waals surface area contributed by atoms with Crippen LogP contribution in [0.1, 0.15) is 66.2 Å². The van der Waals surface area contributed by atoms with Gasteiger partial charge in [0.25, 0.3) is 0 Å². The van der Waals surface area contributed by atoms with Crippen molar-refractivity contribution in [3.8, 4) is 0 Å². The molecule has 0 bridgehead atoms. The number of rotatable bonds is 12. The standard InChI is InChI=1S/C22H46O2Si2/c1-10-11-12-13-14-15-16-21(23)17-20(19-25(5,6)7)18-24-26(8,9)22(2,3)4/h11-12,18,21,23H,10,13-17,19H2,1-9H3/b12-11+,20-18-. The molecule has 1 unspecified atom stereocenters. The molecule has 0 aromatic carbocycles. The first-order valence-corrected chi connectivity index (χ1v) is 17.1.